The minimum Gasteiger partial charge on any atom is -0.397 e. The van der Waals surface area contributed by atoms with Gasteiger partial charge in [0.25, 0.3) is 5.91 Å². The fraction of sp³-hybridized carbons (Fsp3) is 0.615. The number of nitrogens with one attached hydrogen (secondary N) is 2. The summed E-state index contributed by atoms with van der Waals surface area (Å²) in [5.74, 6) is -0.119. The normalized spacial score (nSPS) is 16.3. The lowest BCUT2D eigenvalue weighted by atomic mass is 10.1. The van der Waals surface area contributed by atoms with Crippen molar-refractivity contribution in [2.45, 2.75) is 19.3 Å². The van der Waals surface area contributed by atoms with Gasteiger partial charge in [-0.2, -0.15) is 0 Å². The maximum Gasteiger partial charge on any atom is 0.263 e. The molecule has 5 nitrogen and oxygen atoms in total. The van der Waals surface area contributed by atoms with E-state index in [1.54, 1.807) is 7.05 Å². The Bertz CT molecular complexity index is 426. The predicted octanol–water partition coefficient (Wildman–Crippen LogP) is 1.59. The Morgan fingerprint density at radius 1 is 1.42 bits per heavy atom. The predicted molar refractivity (Wildman–Crippen MR) is 80.9 cm³/mol. The fourth-order valence-corrected chi connectivity index (χ4v) is 3.26. The number of nitrogens with two attached hydrogens (primary N) is 1. The number of rotatable bonds is 5. The van der Waals surface area contributed by atoms with Crippen molar-refractivity contribution in [1.29, 1.82) is 0 Å². The molecule has 0 atom stereocenters. The monoisotopic (exact) mass is 282 g/mol. The second-order valence-corrected chi connectivity index (χ2v) is 5.86. The number of hydrogen-bond donors (Lipinski definition) is 3. The lowest BCUT2D eigenvalue weighted by Crippen LogP contribution is -2.33. The highest BCUT2D eigenvalue weighted by molar-refractivity contribution is 7.18. The number of amides is 1. The number of likely N-dealkylation sites (tertiary alicyclic amines) is 1. The molecule has 0 bridgehead atoms. The van der Waals surface area contributed by atoms with Crippen molar-refractivity contribution >= 4 is 27.9 Å². The van der Waals surface area contributed by atoms with E-state index in [1.165, 1.54) is 43.7 Å². The van der Waals surface area contributed by atoms with Crippen LogP contribution < -0.4 is 16.4 Å². The third-order valence-electron chi connectivity index (χ3n) is 3.37. The van der Waals surface area contributed by atoms with E-state index >= 15 is 0 Å². The molecule has 2 rings (SSSR count). The third-order valence-corrected chi connectivity index (χ3v) is 4.48. The van der Waals surface area contributed by atoms with Gasteiger partial charge >= 0.3 is 0 Å². The topological polar surface area (TPSA) is 70.4 Å². The number of nitrogens with zero attached hydrogens (tertiary/aromatic N) is 1. The maximum atomic E-state index is 11.6. The largest absolute Gasteiger partial charge is 0.397 e. The van der Waals surface area contributed by atoms with Crippen LogP contribution in [0.4, 0.5) is 10.7 Å². The average Bonchev–Trinajstić information content (AvgIpc) is 2.80. The van der Waals surface area contributed by atoms with Gasteiger partial charge in [0.1, 0.15) is 4.88 Å². The molecule has 1 amide bonds. The van der Waals surface area contributed by atoms with Gasteiger partial charge < -0.3 is 21.3 Å². The van der Waals surface area contributed by atoms with Crippen LogP contribution in [0.1, 0.15) is 28.9 Å². The molecule has 0 saturated carbocycles. The molecule has 0 aliphatic carbocycles. The van der Waals surface area contributed by atoms with E-state index in [9.17, 15) is 4.79 Å². The molecule has 0 aromatic carbocycles. The van der Waals surface area contributed by atoms with Crippen molar-refractivity contribution in [3.63, 3.8) is 0 Å². The lowest BCUT2D eigenvalue weighted by Gasteiger charge is -2.26. The van der Waals surface area contributed by atoms with Crippen molar-refractivity contribution in [2.24, 2.45) is 0 Å². The molecule has 0 spiro atoms. The molecule has 6 heteroatoms. The fourth-order valence-electron chi connectivity index (χ4n) is 2.30. The Morgan fingerprint density at radius 2 is 2.16 bits per heavy atom. The second kappa shape index (κ2) is 6.77. The number of nitrogen functional groups attached to an aromatic ring is 1. The van der Waals surface area contributed by atoms with Gasteiger partial charge in [-0.3, -0.25) is 4.79 Å². The molecule has 0 radical (unpaired) electrons. The maximum absolute atomic E-state index is 11.6. The van der Waals surface area contributed by atoms with Crippen molar-refractivity contribution in [3.8, 4) is 0 Å². The molecule has 19 heavy (non-hydrogen) atoms. The van der Waals surface area contributed by atoms with Crippen LogP contribution in [0, 0.1) is 0 Å². The highest BCUT2D eigenvalue weighted by Gasteiger charge is 2.13. The molecular weight excluding hydrogens is 260 g/mol. The summed E-state index contributed by atoms with van der Waals surface area (Å²) in [6.07, 6.45) is 3.99. The van der Waals surface area contributed by atoms with Gasteiger partial charge in [0.15, 0.2) is 0 Å². The summed E-state index contributed by atoms with van der Waals surface area (Å²) in [6, 6.07) is 1.84. The zero-order chi connectivity index (χ0) is 13.7. The first-order chi connectivity index (χ1) is 9.20. The van der Waals surface area contributed by atoms with E-state index in [2.05, 4.69) is 15.5 Å². The van der Waals surface area contributed by atoms with Gasteiger partial charge in [-0.1, -0.05) is 6.42 Å². The standard InChI is InChI=1S/C13H22N4OS/c1-15-13(18)12-10(14)9-11(19-12)16-5-8-17-6-3-2-4-7-17/h9,16H,2-8,14H2,1H3,(H,15,18). The number of thiophene rings is 1. The SMILES string of the molecule is CNC(=O)c1sc(NCCN2CCCCC2)cc1N. The van der Waals surface area contributed by atoms with Crippen LogP contribution in [0.15, 0.2) is 6.07 Å². The molecule has 1 fully saturated rings. The second-order valence-electron chi connectivity index (χ2n) is 4.80. The van der Waals surface area contributed by atoms with E-state index in [0.717, 1.165) is 18.1 Å². The van der Waals surface area contributed by atoms with E-state index < -0.39 is 0 Å². The number of carbonyl (C=O) groups is 1. The average molecular weight is 282 g/mol. The summed E-state index contributed by atoms with van der Waals surface area (Å²) in [4.78, 5) is 14.6. The van der Waals surface area contributed by atoms with Gasteiger partial charge in [0.05, 0.1) is 10.7 Å². The molecule has 0 unspecified atom stereocenters. The van der Waals surface area contributed by atoms with Crippen LogP contribution in [0.25, 0.3) is 0 Å². The van der Waals surface area contributed by atoms with Gasteiger partial charge in [0.2, 0.25) is 0 Å². The Morgan fingerprint density at radius 3 is 2.84 bits per heavy atom. The minimum absolute atomic E-state index is 0.119. The van der Waals surface area contributed by atoms with Crippen LogP contribution in [-0.2, 0) is 0 Å². The Hall–Kier alpha value is -1.27. The Labute approximate surface area is 118 Å². The summed E-state index contributed by atoms with van der Waals surface area (Å²) in [6.45, 7) is 4.36. The van der Waals surface area contributed by atoms with Gasteiger partial charge in [-0.25, -0.2) is 0 Å². The van der Waals surface area contributed by atoms with Crippen LogP contribution in [0.5, 0.6) is 0 Å². The van der Waals surface area contributed by atoms with Crippen LogP contribution in [0.2, 0.25) is 0 Å². The molecule has 106 valence electrons. The van der Waals surface area contributed by atoms with E-state index in [-0.39, 0.29) is 5.91 Å². The first-order valence-corrected chi connectivity index (χ1v) is 7.60. The van der Waals surface area contributed by atoms with Crippen LogP contribution in [0.3, 0.4) is 0 Å². The highest BCUT2D eigenvalue weighted by atomic mass is 32.1. The first kappa shape index (κ1) is 14.1. The number of carbonyl (C=O) groups excluding carboxylic acids is 1. The summed E-state index contributed by atoms with van der Waals surface area (Å²) in [5.41, 5.74) is 6.38. The van der Waals surface area contributed by atoms with Crippen LogP contribution in [-0.4, -0.2) is 44.0 Å². The molecule has 1 saturated heterocycles. The molecule has 1 aliphatic heterocycles. The zero-order valence-electron chi connectivity index (χ0n) is 11.4. The van der Waals surface area contributed by atoms with Crippen molar-refractivity contribution in [3.05, 3.63) is 10.9 Å². The van der Waals surface area contributed by atoms with E-state index in [0.29, 0.717) is 10.6 Å². The summed E-state index contributed by atoms with van der Waals surface area (Å²) in [7, 11) is 1.62. The summed E-state index contributed by atoms with van der Waals surface area (Å²) in [5, 5.41) is 6.91. The molecule has 1 aromatic rings. The quantitative estimate of drug-likeness (QED) is 0.767. The first-order valence-electron chi connectivity index (χ1n) is 6.78. The van der Waals surface area contributed by atoms with E-state index in [4.69, 9.17) is 5.73 Å². The smallest absolute Gasteiger partial charge is 0.263 e. The number of anilines is 2. The molecule has 1 aromatic heterocycles. The molecule has 4 N–H and O–H groups in total. The zero-order valence-corrected chi connectivity index (χ0v) is 12.2. The molecule has 1 aliphatic rings. The highest BCUT2D eigenvalue weighted by Crippen LogP contribution is 2.28. The lowest BCUT2D eigenvalue weighted by molar-refractivity contribution is 0.0968. The summed E-state index contributed by atoms with van der Waals surface area (Å²) >= 11 is 1.41. The molecule has 2 heterocycles. The van der Waals surface area contributed by atoms with Crippen molar-refractivity contribution in [1.82, 2.24) is 10.2 Å². The van der Waals surface area contributed by atoms with E-state index in [1.807, 2.05) is 6.07 Å². The van der Waals surface area contributed by atoms with Gasteiger partial charge in [-0.05, 0) is 32.0 Å². The summed E-state index contributed by atoms with van der Waals surface area (Å²) < 4.78 is 0. The van der Waals surface area contributed by atoms with Crippen LogP contribution >= 0.6 is 11.3 Å². The third kappa shape index (κ3) is 3.84. The molecular formula is C13H22N4OS. The van der Waals surface area contributed by atoms with Gasteiger partial charge in [-0.15, -0.1) is 11.3 Å². The number of piperidine rings is 1. The minimum atomic E-state index is -0.119. The van der Waals surface area contributed by atoms with Crippen molar-refractivity contribution < 1.29 is 4.79 Å². The van der Waals surface area contributed by atoms with Crippen molar-refractivity contribution in [2.75, 3.05) is 44.3 Å². The van der Waals surface area contributed by atoms with Gasteiger partial charge in [0, 0.05) is 20.1 Å². The number of hydrogen-bond acceptors (Lipinski definition) is 5. The Balaban J connectivity index is 1.81. The Kier molecular flexibility index (Phi) is 5.04.